The van der Waals surface area contributed by atoms with Gasteiger partial charge in [0.05, 0.1) is 6.61 Å². The molecule has 0 atom stereocenters. The lowest BCUT2D eigenvalue weighted by Crippen LogP contribution is -2.52. The average molecular weight is 471 g/mol. The van der Waals surface area contributed by atoms with Crippen molar-refractivity contribution in [3.8, 4) is 0 Å². The van der Waals surface area contributed by atoms with E-state index in [1.807, 2.05) is 0 Å². The zero-order valence-electron chi connectivity index (χ0n) is 19.6. The van der Waals surface area contributed by atoms with Gasteiger partial charge in [0, 0.05) is 25.2 Å². The average Bonchev–Trinajstić information content (AvgIpc) is 2.60. The number of carbonyl (C=O) groups excluding carboxylic acids is 2. The fourth-order valence-electron chi connectivity index (χ4n) is 3.11. The molecule has 30 heavy (non-hydrogen) atoms. The Kier molecular flexibility index (Phi) is 10.8. The van der Waals surface area contributed by atoms with E-state index in [-0.39, 0.29) is 6.61 Å². The Morgan fingerprint density at radius 2 is 1.30 bits per heavy atom. The van der Waals surface area contributed by atoms with Crippen LogP contribution in [0, 0.1) is 0 Å². The normalized spacial score (nSPS) is 12.6. The van der Waals surface area contributed by atoms with Gasteiger partial charge in [-0.25, -0.2) is 4.79 Å². The second-order valence-electron chi connectivity index (χ2n) is 9.46. The van der Waals surface area contributed by atoms with Crippen molar-refractivity contribution in [1.82, 2.24) is 0 Å². The quantitative estimate of drug-likeness (QED) is 0.125. The molecule has 0 amide bonds. The molecule has 0 aliphatic carbocycles. The third-order valence-electron chi connectivity index (χ3n) is 3.85. The molecule has 170 valence electrons. The zero-order valence-corrected chi connectivity index (χ0v) is 22.6. The van der Waals surface area contributed by atoms with Gasteiger partial charge in [0.1, 0.15) is 0 Å². The topological polar surface area (TPSA) is 71.1 Å². The van der Waals surface area contributed by atoms with Crippen molar-refractivity contribution in [2.24, 2.45) is 0 Å². The fourth-order valence-corrected chi connectivity index (χ4v) is 15.6. The molecule has 0 saturated carbocycles. The van der Waals surface area contributed by atoms with Crippen LogP contribution < -0.4 is 0 Å². The highest BCUT2D eigenvalue weighted by molar-refractivity contribution is 6.87. The summed E-state index contributed by atoms with van der Waals surface area (Å²) < 4.78 is 23.7. The van der Waals surface area contributed by atoms with Crippen LogP contribution in [0.2, 0.25) is 51.9 Å². The molecule has 0 spiro atoms. The van der Waals surface area contributed by atoms with Gasteiger partial charge in [-0.3, -0.25) is 4.79 Å². The Bertz CT molecular complexity index is 652. The molecule has 6 nitrogen and oxygen atoms in total. The lowest BCUT2D eigenvalue weighted by atomic mass is 10.1. The highest BCUT2D eigenvalue weighted by Gasteiger charge is 2.39. The predicted octanol–water partition coefficient (Wildman–Crippen LogP) is 4.98. The number of carbonyl (C=O) groups is 2. The van der Waals surface area contributed by atoms with E-state index in [0.29, 0.717) is 25.2 Å². The van der Waals surface area contributed by atoms with E-state index in [0.717, 1.165) is 12.5 Å². The van der Waals surface area contributed by atoms with E-state index in [9.17, 15) is 9.59 Å². The summed E-state index contributed by atoms with van der Waals surface area (Å²) in [4.78, 5) is 23.7. The van der Waals surface area contributed by atoms with Gasteiger partial charge in [-0.1, -0.05) is 30.3 Å². The van der Waals surface area contributed by atoms with Crippen molar-refractivity contribution in [3.05, 3.63) is 35.9 Å². The highest BCUT2D eigenvalue weighted by atomic mass is 28.5. The van der Waals surface area contributed by atoms with Crippen molar-refractivity contribution in [3.63, 3.8) is 0 Å². The molecule has 0 aliphatic heterocycles. The van der Waals surface area contributed by atoms with Crippen LogP contribution in [0.4, 0.5) is 0 Å². The molecule has 0 heterocycles. The van der Waals surface area contributed by atoms with Crippen molar-refractivity contribution in [1.29, 1.82) is 0 Å². The molecule has 0 N–H and O–H groups in total. The molecule has 0 aliphatic rings. The summed E-state index contributed by atoms with van der Waals surface area (Å²) in [6, 6.07) is 9.32. The van der Waals surface area contributed by atoms with Gasteiger partial charge in [0.25, 0.3) is 5.78 Å². The summed E-state index contributed by atoms with van der Waals surface area (Å²) in [5.41, 5.74) is 0.340. The van der Waals surface area contributed by atoms with Crippen LogP contribution in [-0.4, -0.2) is 56.8 Å². The van der Waals surface area contributed by atoms with Crippen molar-refractivity contribution < 1.29 is 27.3 Å². The van der Waals surface area contributed by atoms with E-state index in [1.54, 1.807) is 30.3 Å². The maximum atomic E-state index is 11.9. The van der Waals surface area contributed by atoms with E-state index < -0.39 is 36.9 Å². The van der Waals surface area contributed by atoms with Gasteiger partial charge in [-0.2, -0.15) is 0 Å². The summed E-state index contributed by atoms with van der Waals surface area (Å²) in [7, 11) is -5.58. The monoisotopic (exact) mass is 470 g/mol. The number of ketones is 1. The first-order valence-corrected chi connectivity index (χ1v) is 19.9. The number of Topliss-reactive ketones (excluding diaryl/α,β-unsaturated/α-hetero) is 1. The zero-order chi connectivity index (χ0) is 22.8. The number of hydrogen-bond donors (Lipinski definition) is 0. The summed E-state index contributed by atoms with van der Waals surface area (Å²) in [6.45, 7) is 16.6. The molecular weight excluding hydrogens is 432 g/mol. The van der Waals surface area contributed by atoms with E-state index in [4.69, 9.17) is 17.7 Å². The first-order chi connectivity index (χ1) is 13.8. The Labute approximate surface area is 184 Å². The maximum Gasteiger partial charge on any atom is 0.379 e. The summed E-state index contributed by atoms with van der Waals surface area (Å²) in [6.07, 6.45) is 1.43. The van der Waals surface area contributed by atoms with Crippen LogP contribution in [0.3, 0.4) is 0 Å². The molecule has 9 heteroatoms. The van der Waals surface area contributed by atoms with Crippen LogP contribution in [0.1, 0.15) is 23.2 Å². The van der Waals surface area contributed by atoms with Crippen molar-refractivity contribution in [2.45, 2.75) is 64.7 Å². The smallest absolute Gasteiger partial charge is 0.379 e. The summed E-state index contributed by atoms with van der Waals surface area (Å²) >= 11 is 0. The minimum Gasteiger partial charge on any atom is -0.460 e. The maximum absolute atomic E-state index is 11.9. The lowest BCUT2D eigenvalue weighted by Gasteiger charge is -2.38. The molecule has 0 saturated heterocycles. The molecule has 0 aromatic heterocycles. The van der Waals surface area contributed by atoms with Crippen molar-refractivity contribution in [2.75, 3.05) is 19.8 Å². The second kappa shape index (κ2) is 12.1. The van der Waals surface area contributed by atoms with Gasteiger partial charge in [0.15, 0.2) is 16.6 Å². The number of ether oxygens (including phenoxy) is 2. The minimum absolute atomic E-state index is 0.168. The summed E-state index contributed by atoms with van der Waals surface area (Å²) in [5.74, 6) is -1.44. The van der Waals surface area contributed by atoms with Crippen LogP contribution in [0.5, 0.6) is 0 Å². The van der Waals surface area contributed by atoms with Gasteiger partial charge >= 0.3 is 14.5 Å². The second-order valence-corrected chi connectivity index (χ2v) is 22.3. The molecule has 1 aromatic rings. The van der Waals surface area contributed by atoms with Gasteiger partial charge < -0.3 is 17.7 Å². The van der Waals surface area contributed by atoms with Gasteiger partial charge in [-0.15, -0.1) is 0 Å². The van der Waals surface area contributed by atoms with E-state index in [1.165, 1.54) is 0 Å². The third kappa shape index (κ3) is 11.9. The molecule has 0 fully saturated rings. The fraction of sp³-hybridized carbons (Fsp3) is 0.619. The molecule has 0 bridgehead atoms. The van der Waals surface area contributed by atoms with Crippen LogP contribution >= 0.6 is 0 Å². The highest BCUT2D eigenvalue weighted by Crippen LogP contribution is 2.25. The first-order valence-electron chi connectivity index (χ1n) is 10.6. The van der Waals surface area contributed by atoms with E-state index >= 15 is 0 Å². The minimum atomic E-state index is -2.22. The van der Waals surface area contributed by atoms with Crippen LogP contribution in [0.25, 0.3) is 0 Å². The molecule has 0 unspecified atom stereocenters. The predicted molar refractivity (Wildman–Crippen MR) is 127 cm³/mol. The Morgan fingerprint density at radius 3 is 1.83 bits per heavy atom. The number of rotatable bonds is 14. The molecule has 0 radical (unpaired) electrons. The SMILES string of the molecule is C[Si](C)(C)O[Si](C)(CCCOCCCOC(=O)C(=O)c1ccccc1)O[Si](C)(C)C. The molecular formula is C21H38O6Si3. The Balaban J connectivity index is 2.26. The van der Waals surface area contributed by atoms with Crippen LogP contribution in [-0.2, 0) is 22.5 Å². The lowest BCUT2D eigenvalue weighted by molar-refractivity contribution is -0.138. The largest absolute Gasteiger partial charge is 0.460 e. The summed E-state index contributed by atoms with van der Waals surface area (Å²) in [5, 5.41) is 0. The van der Waals surface area contributed by atoms with E-state index in [2.05, 4.69) is 45.8 Å². The van der Waals surface area contributed by atoms with Crippen molar-refractivity contribution >= 4 is 36.9 Å². The van der Waals surface area contributed by atoms with Gasteiger partial charge in [0.2, 0.25) is 0 Å². The first kappa shape index (κ1) is 26.9. The standard InChI is InChI=1S/C21H38O6Si3/c1-28(2,3)26-30(7,27-29(4,5)6)18-12-16-24-15-11-17-25-21(23)20(22)19-13-9-8-10-14-19/h8-10,13-14H,11-12,15-18H2,1-7H3. The Morgan fingerprint density at radius 1 is 0.767 bits per heavy atom. The third-order valence-corrected chi connectivity index (χ3v) is 13.5. The molecule has 1 aromatic carbocycles. The number of hydrogen-bond acceptors (Lipinski definition) is 6. The number of benzene rings is 1. The Hall–Kier alpha value is -1.11. The molecule has 1 rings (SSSR count). The van der Waals surface area contributed by atoms with Crippen LogP contribution in [0.15, 0.2) is 30.3 Å². The van der Waals surface area contributed by atoms with Gasteiger partial charge in [-0.05, 0) is 58.3 Å². The number of esters is 1.